The summed E-state index contributed by atoms with van der Waals surface area (Å²) in [7, 11) is 0. The van der Waals surface area contributed by atoms with Gasteiger partial charge in [0.25, 0.3) is 0 Å². The van der Waals surface area contributed by atoms with Gasteiger partial charge in [0.2, 0.25) is 5.91 Å². The summed E-state index contributed by atoms with van der Waals surface area (Å²) in [5, 5.41) is 11.6. The minimum atomic E-state index is -0.983. The van der Waals surface area contributed by atoms with Crippen molar-refractivity contribution in [2.45, 2.75) is 13.8 Å². The molecular weight excluding hydrogens is 270 g/mol. The number of rotatable bonds is 4. The largest absolute Gasteiger partial charge is 0.478 e. The standard InChI is InChI=1S/C16H15NO4/c1-10-9-12(16(19)20)7-8-14(10)21-15-6-4-3-5-13(15)17-11(2)18/h3-9H,1-2H3,(H,17,18)(H,19,20). The quantitative estimate of drug-likeness (QED) is 0.902. The zero-order valence-corrected chi connectivity index (χ0v) is 11.7. The smallest absolute Gasteiger partial charge is 0.335 e. The van der Waals surface area contributed by atoms with E-state index < -0.39 is 5.97 Å². The van der Waals surface area contributed by atoms with Crippen LogP contribution in [0.2, 0.25) is 0 Å². The number of hydrogen-bond donors (Lipinski definition) is 2. The molecule has 5 heteroatoms. The maximum absolute atomic E-state index is 11.2. The van der Waals surface area contributed by atoms with E-state index in [-0.39, 0.29) is 11.5 Å². The molecule has 2 aromatic carbocycles. The molecule has 108 valence electrons. The number of carboxylic acid groups (broad SMARTS) is 1. The summed E-state index contributed by atoms with van der Waals surface area (Å²) in [4.78, 5) is 22.1. The van der Waals surface area contributed by atoms with Crippen LogP contribution in [0, 0.1) is 6.92 Å². The molecule has 0 aliphatic heterocycles. The van der Waals surface area contributed by atoms with Gasteiger partial charge in [-0.3, -0.25) is 4.79 Å². The van der Waals surface area contributed by atoms with Crippen LogP contribution in [0.3, 0.4) is 0 Å². The van der Waals surface area contributed by atoms with Crippen molar-refractivity contribution in [2.75, 3.05) is 5.32 Å². The van der Waals surface area contributed by atoms with Crippen LogP contribution >= 0.6 is 0 Å². The summed E-state index contributed by atoms with van der Waals surface area (Å²) in [6, 6.07) is 11.7. The van der Waals surface area contributed by atoms with Crippen molar-refractivity contribution >= 4 is 17.6 Å². The van der Waals surface area contributed by atoms with E-state index in [0.717, 1.165) is 0 Å². The Morgan fingerprint density at radius 1 is 1.10 bits per heavy atom. The summed E-state index contributed by atoms with van der Waals surface area (Å²) in [5.74, 6) is -0.135. The fraction of sp³-hybridized carbons (Fsp3) is 0.125. The number of nitrogens with one attached hydrogen (secondary N) is 1. The van der Waals surface area contributed by atoms with Crippen molar-refractivity contribution in [3.63, 3.8) is 0 Å². The summed E-state index contributed by atoms with van der Waals surface area (Å²) in [6.07, 6.45) is 0. The van der Waals surface area contributed by atoms with Crippen LogP contribution in [0.4, 0.5) is 5.69 Å². The normalized spacial score (nSPS) is 10.0. The lowest BCUT2D eigenvalue weighted by molar-refractivity contribution is -0.114. The third kappa shape index (κ3) is 3.60. The number of benzene rings is 2. The van der Waals surface area contributed by atoms with E-state index in [1.54, 1.807) is 43.3 Å². The van der Waals surface area contributed by atoms with Gasteiger partial charge in [-0.15, -0.1) is 0 Å². The number of aryl methyl sites for hydroxylation is 1. The molecule has 5 nitrogen and oxygen atoms in total. The number of anilines is 1. The van der Waals surface area contributed by atoms with Gasteiger partial charge in [-0.1, -0.05) is 12.1 Å². The third-order valence-corrected chi connectivity index (χ3v) is 2.84. The predicted octanol–water partition coefficient (Wildman–Crippen LogP) is 3.44. The molecule has 0 atom stereocenters. The maximum Gasteiger partial charge on any atom is 0.335 e. The van der Waals surface area contributed by atoms with Gasteiger partial charge < -0.3 is 15.2 Å². The van der Waals surface area contributed by atoms with Crippen molar-refractivity contribution in [1.29, 1.82) is 0 Å². The van der Waals surface area contributed by atoms with Crippen LogP contribution in [0.15, 0.2) is 42.5 Å². The minimum Gasteiger partial charge on any atom is -0.478 e. The van der Waals surface area contributed by atoms with Gasteiger partial charge in [0.1, 0.15) is 5.75 Å². The zero-order chi connectivity index (χ0) is 15.4. The number of carbonyl (C=O) groups is 2. The summed E-state index contributed by atoms with van der Waals surface area (Å²) < 4.78 is 5.77. The number of ether oxygens (including phenoxy) is 1. The molecule has 0 spiro atoms. The number of hydrogen-bond acceptors (Lipinski definition) is 3. The second kappa shape index (κ2) is 6.09. The molecule has 0 aliphatic rings. The topological polar surface area (TPSA) is 75.6 Å². The second-order valence-electron chi connectivity index (χ2n) is 4.56. The molecule has 2 aromatic rings. The molecule has 0 saturated heterocycles. The number of amides is 1. The molecule has 1 amide bonds. The van der Waals surface area contributed by atoms with Crippen LogP contribution in [0.5, 0.6) is 11.5 Å². The van der Waals surface area contributed by atoms with E-state index in [1.165, 1.54) is 13.0 Å². The molecule has 0 radical (unpaired) electrons. The number of carboxylic acids is 1. The van der Waals surface area contributed by atoms with Crippen molar-refractivity contribution in [1.82, 2.24) is 0 Å². The van der Waals surface area contributed by atoms with Crippen LogP contribution in [0.1, 0.15) is 22.8 Å². The molecule has 0 aromatic heterocycles. The third-order valence-electron chi connectivity index (χ3n) is 2.84. The Morgan fingerprint density at radius 2 is 1.81 bits per heavy atom. The molecule has 2 N–H and O–H groups in total. The molecular formula is C16H15NO4. The van der Waals surface area contributed by atoms with Gasteiger partial charge in [0.15, 0.2) is 5.75 Å². The van der Waals surface area contributed by atoms with E-state index in [9.17, 15) is 9.59 Å². The highest BCUT2D eigenvalue weighted by Crippen LogP contribution is 2.31. The Labute approximate surface area is 122 Å². The number of para-hydroxylation sites is 2. The lowest BCUT2D eigenvalue weighted by Crippen LogP contribution is -2.07. The van der Waals surface area contributed by atoms with Gasteiger partial charge in [-0.05, 0) is 42.8 Å². The van der Waals surface area contributed by atoms with Crippen molar-refractivity contribution < 1.29 is 19.4 Å². The first kappa shape index (κ1) is 14.6. The van der Waals surface area contributed by atoms with Crippen LogP contribution in [-0.2, 0) is 4.79 Å². The highest BCUT2D eigenvalue weighted by molar-refractivity contribution is 5.90. The Morgan fingerprint density at radius 3 is 2.43 bits per heavy atom. The SMILES string of the molecule is CC(=O)Nc1ccccc1Oc1ccc(C(=O)O)cc1C. The highest BCUT2D eigenvalue weighted by Gasteiger charge is 2.10. The summed E-state index contributed by atoms with van der Waals surface area (Å²) >= 11 is 0. The van der Waals surface area contributed by atoms with Gasteiger partial charge in [0.05, 0.1) is 11.3 Å². The zero-order valence-electron chi connectivity index (χ0n) is 11.7. The van der Waals surface area contributed by atoms with E-state index in [4.69, 9.17) is 9.84 Å². The average molecular weight is 285 g/mol. The fourth-order valence-electron chi connectivity index (χ4n) is 1.86. The lowest BCUT2D eigenvalue weighted by atomic mass is 10.1. The minimum absolute atomic E-state index is 0.191. The number of aromatic carboxylic acids is 1. The molecule has 0 bridgehead atoms. The second-order valence-corrected chi connectivity index (χ2v) is 4.56. The van der Waals surface area contributed by atoms with E-state index in [1.807, 2.05) is 0 Å². The first-order chi connectivity index (χ1) is 9.97. The Kier molecular flexibility index (Phi) is 4.23. The van der Waals surface area contributed by atoms with E-state index >= 15 is 0 Å². The Bertz CT molecular complexity index is 694. The summed E-state index contributed by atoms with van der Waals surface area (Å²) in [5.41, 5.74) is 1.47. The first-order valence-electron chi connectivity index (χ1n) is 6.36. The number of carbonyl (C=O) groups excluding carboxylic acids is 1. The van der Waals surface area contributed by atoms with Crippen LogP contribution in [-0.4, -0.2) is 17.0 Å². The average Bonchev–Trinajstić information content (AvgIpc) is 2.42. The van der Waals surface area contributed by atoms with Crippen LogP contribution in [0.25, 0.3) is 0 Å². The Balaban J connectivity index is 2.30. The maximum atomic E-state index is 11.2. The van der Waals surface area contributed by atoms with E-state index in [0.29, 0.717) is 22.7 Å². The monoisotopic (exact) mass is 285 g/mol. The van der Waals surface area contributed by atoms with Gasteiger partial charge in [-0.25, -0.2) is 4.79 Å². The summed E-state index contributed by atoms with van der Waals surface area (Å²) in [6.45, 7) is 3.19. The van der Waals surface area contributed by atoms with Crippen LogP contribution < -0.4 is 10.1 Å². The molecule has 2 rings (SSSR count). The van der Waals surface area contributed by atoms with Gasteiger partial charge in [-0.2, -0.15) is 0 Å². The molecule has 21 heavy (non-hydrogen) atoms. The molecule has 0 unspecified atom stereocenters. The molecule has 0 fully saturated rings. The van der Waals surface area contributed by atoms with Crippen molar-refractivity contribution in [2.24, 2.45) is 0 Å². The lowest BCUT2D eigenvalue weighted by Gasteiger charge is -2.13. The first-order valence-corrected chi connectivity index (χ1v) is 6.36. The van der Waals surface area contributed by atoms with Gasteiger partial charge in [0, 0.05) is 6.92 Å². The molecule has 0 aliphatic carbocycles. The molecule has 0 heterocycles. The molecule has 0 saturated carbocycles. The van der Waals surface area contributed by atoms with Crippen molar-refractivity contribution in [3.8, 4) is 11.5 Å². The predicted molar refractivity (Wildman–Crippen MR) is 79.0 cm³/mol. The Hall–Kier alpha value is -2.82. The van der Waals surface area contributed by atoms with E-state index in [2.05, 4.69) is 5.32 Å². The van der Waals surface area contributed by atoms with Gasteiger partial charge >= 0.3 is 5.97 Å². The fourth-order valence-corrected chi connectivity index (χ4v) is 1.86. The highest BCUT2D eigenvalue weighted by atomic mass is 16.5. The van der Waals surface area contributed by atoms with Crippen molar-refractivity contribution in [3.05, 3.63) is 53.6 Å².